The smallest absolute Gasteiger partial charge is 0.338 e. The monoisotopic (exact) mass is 706 g/mol. The standard InChI is InChI=1S/C35H28Cl2N2O6S2/c1-2-44-34(42)17-6-9-20(10-7-17)39-32(40)27-22-14-23(28(27)33(39)41)29-26(22)25(30-31(46-29)38-35(43)47-30)21-13-19(37)8-11-24(21)45-15-16-4-3-5-18(36)12-16/h3-13,22-23,25-29H,2,14-15H2,1H3,(H,38,43)/t22?,23?,25-,26?,27?,28?,29?/m1/s1. The van der Waals surface area contributed by atoms with Crippen LogP contribution in [-0.4, -0.2) is 34.6 Å². The Balaban J connectivity index is 1.15. The average Bonchev–Trinajstić information content (AvgIpc) is 3.79. The summed E-state index contributed by atoms with van der Waals surface area (Å²) < 4.78 is 11.5. The number of aromatic amines is 1. The molecule has 47 heavy (non-hydrogen) atoms. The summed E-state index contributed by atoms with van der Waals surface area (Å²) in [6, 6.07) is 19.5. The van der Waals surface area contributed by atoms with E-state index in [1.807, 2.05) is 36.4 Å². The Morgan fingerprint density at radius 2 is 1.70 bits per heavy atom. The molecule has 8 rings (SSSR count). The van der Waals surface area contributed by atoms with Crippen LogP contribution in [-0.2, 0) is 20.9 Å². The van der Waals surface area contributed by atoms with Crippen molar-refractivity contribution in [3.05, 3.63) is 108 Å². The number of nitrogens with zero attached hydrogens (tertiary/aromatic N) is 1. The van der Waals surface area contributed by atoms with Crippen LogP contribution in [0, 0.1) is 29.6 Å². The zero-order valence-corrected chi connectivity index (χ0v) is 28.1. The van der Waals surface area contributed by atoms with Crippen molar-refractivity contribution in [2.45, 2.75) is 36.1 Å². The van der Waals surface area contributed by atoms with Gasteiger partial charge in [0.1, 0.15) is 12.4 Å². The highest BCUT2D eigenvalue weighted by atomic mass is 35.5. The first-order valence-corrected chi connectivity index (χ1v) is 17.9. The molecule has 240 valence electrons. The van der Waals surface area contributed by atoms with E-state index in [1.165, 1.54) is 16.2 Å². The number of halogens is 2. The van der Waals surface area contributed by atoms with Gasteiger partial charge in [0.25, 0.3) is 0 Å². The lowest BCUT2D eigenvalue weighted by atomic mass is 9.68. The molecule has 2 aliphatic heterocycles. The highest BCUT2D eigenvalue weighted by molar-refractivity contribution is 8.00. The number of fused-ring (bicyclic) bond motifs is 9. The summed E-state index contributed by atoms with van der Waals surface area (Å²) >= 11 is 15.6. The molecule has 2 saturated carbocycles. The van der Waals surface area contributed by atoms with E-state index in [2.05, 4.69) is 4.98 Å². The van der Waals surface area contributed by atoms with Gasteiger partial charge in [-0.2, -0.15) is 0 Å². The fraction of sp³-hybridized carbons (Fsp3) is 0.314. The minimum Gasteiger partial charge on any atom is -0.489 e. The maximum absolute atomic E-state index is 14.2. The van der Waals surface area contributed by atoms with Crippen LogP contribution in [0.15, 0.2) is 76.6 Å². The van der Waals surface area contributed by atoms with Gasteiger partial charge in [-0.3, -0.25) is 19.3 Å². The van der Waals surface area contributed by atoms with Crippen LogP contribution in [0.4, 0.5) is 5.69 Å². The molecule has 0 radical (unpaired) electrons. The summed E-state index contributed by atoms with van der Waals surface area (Å²) in [5.41, 5.74) is 2.58. The quantitative estimate of drug-likeness (QED) is 0.160. The van der Waals surface area contributed by atoms with Crippen molar-refractivity contribution < 1.29 is 23.9 Å². The highest BCUT2D eigenvalue weighted by Gasteiger charge is 2.69. The van der Waals surface area contributed by atoms with Crippen LogP contribution in [0.5, 0.6) is 5.75 Å². The lowest BCUT2D eigenvalue weighted by Crippen LogP contribution is -2.42. The number of imide groups is 1. The number of carbonyl (C=O) groups is 3. The Morgan fingerprint density at radius 1 is 0.957 bits per heavy atom. The van der Waals surface area contributed by atoms with Crippen molar-refractivity contribution in [2.24, 2.45) is 29.6 Å². The number of esters is 1. The third-order valence-electron chi connectivity index (χ3n) is 9.95. The number of hydrogen-bond donors (Lipinski definition) is 1. The molecule has 12 heteroatoms. The molecule has 2 bridgehead atoms. The van der Waals surface area contributed by atoms with Crippen molar-refractivity contribution in [1.82, 2.24) is 4.98 Å². The summed E-state index contributed by atoms with van der Waals surface area (Å²) in [6.45, 7) is 2.27. The largest absolute Gasteiger partial charge is 0.489 e. The number of rotatable bonds is 7. The second-order valence-electron chi connectivity index (χ2n) is 12.3. The van der Waals surface area contributed by atoms with E-state index < -0.39 is 17.8 Å². The number of ether oxygens (including phenoxy) is 2. The molecule has 1 N–H and O–H groups in total. The Labute approximate surface area is 288 Å². The van der Waals surface area contributed by atoms with Crippen LogP contribution >= 0.6 is 46.3 Å². The van der Waals surface area contributed by atoms with Gasteiger partial charge in [0.05, 0.1) is 34.7 Å². The molecule has 3 heterocycles. The maximum Gasteiger partial charge on any atom is 0.338 e. The Hall–Kier alpha value is -3.57. The predicted octanol–water partition coefficient (Wildman–Crippen LogP) is 7.18. The van der Waals surface area contributed by atoms with Gasteiger partial charge in [-0.15, -0.1) is 11.8 Å². The zero-order valence-electron chi connectivity index (χ0n) is 25.0. The van der Waals surface area contributed by atoms with E-state index in [0.717, 1.165) is 27.5 Å². The second-order valence-corrected chi connectivity index (χ2v) is 15.4. The van der Waals surface area contributed by atoms with Gasteiger partial charge >= 0.3 is 10.8 Å². The number of anilines is 1. The average molecular weight is 708 g/mol. The van der Waals surface area contributed by atoms with Crippen LogP contribution in [0.3, 0.4) is 0 Å². The first kappa shape index (κ1) is 30.7. The number of thioether (sulfide) groups is 1. The first-order valence-electron chi connectivity index (χ1n) is 15.4. The number of amides is 2. The lowest BCUT2D eigenvalue weighted by Gasteiger charge is -2.43. The summed E-state index contributed by atoms with van der Waals surface area (Å²) in [5.74, 6) is -1.57. The molecule has 3 fully saturated rings. The van der Waals surface area contributed by atoms with Gasteiger partial charge in [-0.05, 0) is 91.3 Å². The van der Waals surface area contributed by atoms with Crippen molar-refractivity contribution in [3.8, 4) is 5.75 Å². The maximum atomic E-state index is 14.2. The van der Waals surface area contributed by atoms with Gasteiger partial charge < -0.3 is 14.5 Å². The summed E-state index contributed by atoms with van der Waals surface area (Å²) in [4.78, 5) is 58.3. The van der Waals surface area contributed by atoms with E-state index >= 15 is 0 Å². The molecule has 1 aromatic heterocycles. The van der Waals surface area contributed by atoms with Crippen LogP contribution in [0.1, 0.15) is 45.6 Å². The normalized spacial score (nSPS) is 27.0. The summed E-state index contributed by atoms with van der Waals surface area (Å²) in [7, 11) is 0. The van der Waals surface area contributed by atoms with Gasteiger partial charge in [0.15, 0.2) is 0 Å². The summed E-state index contributed by atoms with van der Waals surface area (Å²) in [6.07, 6.45) is 0.750. The van der Waals surface area contributed by atoms with Crippen LogP contribution in [0.2, 0.25) is 10.0 Å². The van der Waals surface area contributed by atoms with E-state index in [-0.39, 0.29) is 58.8 Å². The third kappa shape index (κ3) is 5.03. The molecule has 2 amide bonds. The molecule has 0 spiro atoms. The van der Waals surface area contributed by atoms with Crippen LogP contribution in [0.25, 0.3) is 0 Å². The molecular weight excluding hydrogens is 679 g/mol. The van der Waals surface area contributed by atoms with E-state index in [0.29, 0.717) is 27.0 Å². The molecule has 4 aliphatic rings. The number of H-pyrrole nitrogens is 1. The van der Waals surface area contributed by atoms with Crippen molar-refractivity contribution in [3.63, 3.8) is 0 Å². The van der Waals surface area contributed by atoms with Gasteiger partial charge in [0, 0.05) is 31.7 Å². The predicted molar refractivity (Wildman–Crippen MR) is 181 cm³/mol. The second kappa shape index (κ2) is 11.8. The van der Waals surface area contributed by atoms with Crippen molar-refractivity contribution >= 4 is 69.8 Å². The zero-order chi connectivity index (χ0) is 32.6. The van der Waals surface area contributed by atoms with Crippen molar-refractivity contribution in [1.29, 1.82) is 0 Å². The molecule has 7 atom stereocenters. The van der Waals surface area contributed by atoms with Crippen LogP contribution < -0.4 is 14.5 Å². The number of thiazole rings is 1. The Morgan fingerprint density at radius 3 is 2.45 bits per heavy atom. The Kier molecular flexibility index (Phi) is 7.74. The molecule has 2 aliphatic carbocycles. The fourth-order valence-electron chi connectivity index (χ4n) is 8.26. The highest BCUT2D eigenvalue weighted by Crippen LogP contribution is 2.69. The third-order valence-corrected chi connectivity index (χ3v) is 13.0. The Bertz CT molecular complexity index is 1990. The number of benzene rings is 3. The molecular formula is C35H28Cl2N2O6S2. The van der Waals surface area contributed by atoms with E-state index in [9.17, 15) is 19.2 Å². The number of carbonyl (C=O) groups excluding carboxylic acids is 3. The number of aromatic nitrogens is 1. The summed E-state index contributed by atoms with van der Waals surface area (Å²) in [5, 5.41) is 1.97. The molecule has 8 nitrogen and oxygen atoms in total. The molecule has 6 unspecified atom stereocenters. The van der Waals surface area contributed by atoms with Gasteiger partial charge in [0.2, 0.25) is 11.8 Å². The van der Waals surface area contributed by atoms with E-state index in [1.54, 1.807) is 49.0 Å². The minimum atomic E-state index is -0.478. The lowest BCUT2D eigenvalue weighted by molar-refractivity contribution is -0.123. The van der Waals surface area contributed by atoms with E-state index in [4.69, 9.17) is 32.7 Å². The number of hydrogen-bond acceptors (Lipinski definition) is 8. The SMILES string of the molecule is CCOC(=O)c1ccc(N2C(=O)C3C4CC(C3C2=O)C2C4Sc3[nH]c(=O)sc3[C@@H]2c2cc(Cl)ccc2OCc2cccc(Cl)c2)cc1. The van der Waals surface area contributed by atoms with Gasteiger partial charge in [-0.25, -0.2) is 4.79 Å². The molecule has 1 saturated heterocycles. The van der Waals surface area contributed by atoms with Crippen molar-refractivity contribution in [2.75, 3.05) is 11.5 Å². The topological polar surface area (TPSA) is 106 Å². The molecule has 3 aromatic carbocycles. The fourth-order valence-corrected chi connectivity index (χ4v) is 11.5. The molecule has 4 aromatic rings. The first-order chi connectivity index (χ1) is 22.7. The minimum absolute atomic E-state index is 0.00616. The van der Waals surface area contributed by atoms with Gasteiger partial charge in [-0.1, -0.05) is 46.7 Å². The number of nitrogens with one attached hydrogen (secondary N) is 1.